The second kappa shape index (κ2) is 6.04. The molecule has 0 unspecified atom stereocenters. The van der Waals surface area contributed by atoms with Crippen LogP contribution in [0.15, 0.2) is 46.1 Å². The first-order valence-electron chi connectivity index (χ1n) is 7.35. The number of rotatable bonds is 4. The Morgan fingerprint density at radius 3 is 2.57 bits per heavy atom. The molecule has 0 saturated carbocycles. The zero-order chi connectivity index (χ0) is 16.4. The fourth-order valence-electron chi connectivity index (χ4n) is 2.56. The maximum atomic E-state index is 12.0. The van der Waals surface area contributed by atoms with Gasteiger partial charge in [0.2, 0.25) is 0 Å². The van der Waals surface area contributed by atoms with E-state index in [1.165, 1.54) is 0 Å². The topological polar surface area (TPSA) is 96.4 Å². The summed E-state index contributed by atoms with van der Waals surface area (Å²) >= 11 is 0. The van der Waals surface area contributed by atoms with E-state index < -0.39 is 5.69 Å². The molecule has 0 fully saturated rings. The summed E-state index contributed by atoms with van der Waals surface area (Å²) < 4.78 is 1.61. The lowest BCUT2D eigenvalue weighted by molar-refractivity contribution is 0.621. The van der Waals surface area contributed by atoms with Crippen LogP contribution in [0.3, 0.4) is 0 Å². The molecule has 0 saturated heterocycles. The lowest BCUT2D eigenvalue weighted by atomic mass is 10.0. The lowest BCUT2D eigenvalue weighted by Gasteiger charge is -2.10. The Kier molecular flexibility index (Phi) is 3.92. The van der Waals surface area contributed by atoms with E-state index >= 15 is 0 Å². The lowest BCUT2D eigenvalue weighted by Crippen LogP contribution is -2.29. The molecule has 0 bridgehead atoms. The van der Waals surface area contributed by atoms with Crippen LogP contribution >= 0.6 is 0 Å². The first-order chi connectivity index (χ1) is 11.0. The molecule has 0 atom stereocenters. The van der Waals surface area contributed by atoms with Crippen molar-refractivity contribution in [2.24, 2.45) is 0 Å². The van der Waals surface area contributed by atoms with E-state index in [0.717, 1.165) is 11.3 Å². The van der Waals surface area contributed by atoms with Gasteiger partial charge in [-0.1, -0.05) is 49.4 Å². The second-order valence-electron chi connectivity index (χ2n) is 5.62. The number of hydrogen-bond acceptors (Lipinski definition) is 4. The van der Waals surface area contributed by atoms with Gasteiger partial charge in [-0.3, -0.25) is 9.78 Å². The van der Waals surface area contributed by atoms with Gasteiger partial charge in [-0.05, 0) is 5.92 Å². The average Bonchev–Trinajstić information content (AvgIpc) is 2.95. The first-order valence-corrected chi connectivity index (χ1v) is 7.35. The molecule has 23 heavy (non-hydrogen) atoms. The third-order valence-electron chi connectivity index (χ3n) is 3.57. The Morgan fingerprint density at radius 1 is 1.13 bits per heavy atom. The molecule has 2 N–H and O–H groups in total. The second-order valence-corrected chi connectivity index (χ2v) is 5.62. The van der Waals surface area contributed by atoms with Gasteiger partial charge in [0, 0.05) is 11.1 Å². The third kappa shape index (κ3) is 3.13. The van der Waals surface area contributed by atoms with Crippen molar-refractivity contribution in [1.82, 2.24) is 25.0 Å². The SMILES string of the molecule is CC(C)c1c(Cn2cc(-c3ccccc3)nn2)[nH]c(=O)[nH]c1=O. The molecule has 0 radical (unpaired) electrons. The minimum absolute atomic E-state index is 0.0114. The average molecular weight is 311 g/mol. The van der Waals surface area contributed by atoms with Crippen molar-refractivity contribution in [3.05, 3.63) is 68.6 Å². The van der Waals surface area contributed by atoms with Gasteiger partial charge in [0.15, 0.2) is 0 Å². The summed E-state index contributed by atoms with van der Waals surface area (Å²) in [4.78, 5) is 28.5. The summed E-state index contributed by atoms with van der Waals surface area (Å²) in [5.74, 6) is -0.0114. The highest BCUT2D eigenvalue weighted by Crippen LogP contribution is 2.16. The van der Waals surface area contributed by atoms with E-state index in [4.69, 9.17) is 0 Å². The van der Waals surface area contributed by atoms with E-state index in [1.807, 2.05) is 44.2 Å². The number of nitrogens with zero attached hydrogens (tertiary/aromatic N) is 3. The molecule has 118 valence electrons. The number of hydrogen-bond donors (Lipinski definition) is 2. The fraction of sp³-hybridized carbons (Fsp3) is 0.250. The summed E-state index contributed by atoms with van der Waals surface area (Å²) in [6, 6.07) is 9.69. The fourth-order valence-corrected chi connectivity index (χ4v) is 2.56. The summed E-state index contributed by atoms with van der Waals surface area (Å²) in [7, 11) is 0. The number of nitrogens with one attached hydrogen (secondary N) is 2. The van der Waals surface area contributed by atoms with E-state index in [9.17, 15) is 9.59 Å². The molecule has 1 aromatic carbocycles. The molecule has 7 heteroatoms. The van der Waals surface area contributed by atoms with Crippen LogP contribution in [-0.2, 0) is 6.54 Å². The maximum absolute atomic E-state index is 12.0. The summed E-state index contributed by atoms with van der Waals surface area (Å²) in [6.45, 7) is 4.10. The van der Waals surface area contributed by atoms with Crippen LogP contribution < -0.4 is 11.2 Å². The molecule has 0 aliphatic heterocycles. The molecule has 0 amide bonds. The van der Waals surface area contributed by atoms with Crippen LogP contribution in [0, 0.1) is 0 Å². The van der Waals surface area contributed by atoms with Crippen molar-refractivity contribution in [1.29, 1.82) is 0 Å². The number of aromatic amines is 2. The monoisotopic (exact) mass is 311 g/mol. The Labute approximate surface area is 132 Å². The van der Waals surface area contributed by atoms with Crippen molar-refractivity contribution in [2.75, 3.05) is 0 Å². The highest BCUT2D eigenvalue weighted by atomic mass is 16.2. The van der Waals surface area contributed by atoms with E-state index in [1.54, 1.807) is 10.9 Å². The van der Waals surface area contributed by atoms with Crippen LogP contribution in [0.4, 0.5) is 0 Å². The smallest absolute Gasteiger partial charge is 0.309 e. The molecule has 0 aliphatic carbocycles. The van der Waals surface area contributed by atoms with Crippen LogP contribution in [-0.4, -0.2) is 25.0 Å². The Bertz CT molecular complexity index is 921. The van der Waals surface area contributed by atoms with Gasteiger partial charge in [-0.2, -0.15) is 0 Å². The predicted octanol–water partition coefficient (Wildman–Crippen LogP) is 1.49. The number of aromatic nitrogens is 5. The molecule has 0 aliphatic rings. The Balaban J connectivity index is 1.96. The molecule has 2 aromatic heterocycles. The van der Waals surface area contributed by atoms with E-state index in [-0.39, 0.29) is 18.0 Å². The molecular formula is C16H17N5O2. The van der Waals surface area contributed by atoms with E-state index in [0.29, 0.717) is 11.3 Å². The van der Waals surface area contributed by atoms with Crippen LogP contribution in [0.1, 0.15) is 31.0 Å². The van der Waals surface area contributed by atoms with Gasteiger partial charge in [-0.25, -0.2) is 9.48 Å². The van der Waals surface area contributed by atoms with Crippen molar-refractivity contribution < 1.29 is 0 Å². The van der Waals surface area contributed by atoms with Gasteiger partial charge in [0.1, 0.15) is 5.69 Å². The largest absolute Gasteiger partial charge is 0.325 e. The highest BCUT2D eigenvalue weighted by Gasteiger charge is 2.14. The number of H-pyrrole nitrogens is 2. The van der Waals surface area contributed by atoms with Crippen LogP contribution in [0.25, 0.3) is 11.3 Å². The molecule has 7 nitrogen and oxygen atoms in total. The molecule has 3 aromatic rings. The van der Waals surface area contributed by atoms with Crippen molar-refractivity contribution in [3.63, 3.8) is 0 Å². The van der Waals surface area contributed by atoms with Crippen LogP contribution in [0.5, 0.6) is 0 Å². The summed E-state index contributed by atoms with van der Waals surface area (Å²) in [5.41, 5.74) is 1.94. The van der Waals surface area contributed by atoms with Gasteiger partial charge in [-0.15, -0.1) is 5.10 Å². The third-order valence-corrected chi connectivity index (χ3v) is 3.57. The van der Waals surface area contributed by atoms with Gasteiger partial charge in [0.25, 0.3) is 5.56 Å². The molecule has 0 spiro atoms. The predicted molar refractivity (Wildman–Crippen MR) is 86.3 cm³/mol. The zero-order valence-electron chi connectivity index (χ0n) is 12.9. The van der Waals surface area contributed by atoms with Crippen molar-refractivity contribution in [2.45, 2.75) is 26.3 Å². The number of benzene rings is 1. The van der Waals surface area contributed by atoms with Crippen LogP contribution in [0.2, 0.25) is 0 Å². The van der Waals surface area contributed by atoms with Crippen molar-refractivity contribution in [3.8, 4) is 11.3 Å². The maximum Gasteiger partial charge on any atom is 0.325 e. The quantitative estimate of drug-likeness (QED) is 0.763. The molecule has 3 rings (SSSR count). The van der Waals surface area contributed by atoms with Gasteiger partial charge in [0.05, 0.1) is 18.4 Å². The molecular weight excluding hydrogens is 294 g/mol. The van der Waals surface area contributed by atoms with Crippen molar-refractivity contribution >= 4 is 0 Å². The first kappa shape index (κ1) is 15.0. The Hall–Kier alpha value is -2.96. The zero-order valence-corrected chi connectivity index (χ0v) is 12.9. The Morgan fingerprint density at radius 2 is 1.87 bits per heavy atom. The molecule has 2 heterocycles. The van der Waals surface area contributed by atoms with Gasteiger partial charge >= 0.3 is 5.69 Å². The highest BCUT2D eigenvalue weighted by molar-refractivity contribution is 5.57. The standard InChI is InChI=1S/C16H17N5O2/c1-10(2)14-13(17-16(23)18-15(14)22)9-21-8-12(19-20-21)11-6-4-3-5-7-11/h3-8,10H,9H2,1-2H3,(H2,17,18,22,23). The summed E-state index contributed by atoms with van der Waals surface area (Å²) in [5, 5.41) is 8.22. The van der Waals surface area contributed by atoms with E-state index in [2.05, 4.69) is 20.3 Å². The minimum atomic E-state index is -0.516. The van der Waals surface area contributed by atoms with Gasteiger partial charge < -0.3 is 4.98 Å². The normalized spacial score (nSPS) is 11.1. The summed E-state index contributed by atoms with van der Waals surface area (Å²) in [6.07, 6.45) is 1.79. The minimum Gasteiger partial charge on any atom is -0.309 e.